The van der Waals surface area contributed by atoms with Gasteiger partial charge in [0.2, 0.25) is 11.7 Å². The number of anilines is 1. The molecule has 5 aromatic rings. The molecule has 0 saturated carbocycles. The van der Waals surface area contributed by atoms with Crippen LogP contribution in [-0.2, 0) is 13.5 Å². The minimum atomic E-state index is -1.01. The zero-order chi connectivity index (χ0) is 26.6. The van der Waals surface area contributed by atoms with E-state index in [0.717, 1.165) is 22.3 Å². The Balaban J connectivity index is 1.58. The highest BCUT2D eigenvalue weighted by molar-refractivity contribution is 5.88. The number of carboxylic acid groups (broad SMARTS) is 1. The van der Waals surface area contributed by atoms with Crippen molar-refractivity contribution in [3.05, 3.63) is 105 Å². The van der Waals surface area contributed by atoms with Crippen LogP contribution in [0.4, 0.5) is 5.95 Å². The number of aromatic hydroxyl groups is 1. The minimum Gasteiger partial charge on any atom is -0.501 e. The first-order valence-electron chi connectivity index (χ1n) is 12.2. The number of fused-ring (bicyclic) bond motifs is 2. The quantitative estimate of drug-likeness (QED) is 0.365. The van der Waals surface area contributed by atoms with E-state index < -0.39 is 23.3 Å². The normalized spacial score (nSPS) is 15.0. The second kappa shape index (κ2) is 8.88. The van der Waals surface area contributed by atoms with E-state index in [2.05, 4.69) is 4.98 Å². The summed E-state index contributed by atoms with van der Waals surface area (Å²) < 4.78 is 7.14. The summed E-state index contributed by atoms with van der Waals surface area (Å²) in [5.41, 5.74) is 4.42. The minimum absolute atomic E-state index is 0.0423. The molecule has 3 heterocycles. The highest BCUT2D eigenvalue weighted by atomic mass is 16.4. The number of oxazole rings is 1. The maximum Gasteiger partial charge on any atom is 0.335 e. The van der Waals surface area contributed by atoms with Gasteiger partial charge in [-0.2, -0.15) is 0 Å². The van der Waals surface area contributed by atoms with E-state index in [1.54, 1.807) is 31.3 Å². The van der Waals surface area contributed by atoms with Crippen molar-refractivity contribution in [2.24, 2.45) is 7.05 Å². The average Bonchev–Trinajstić information content (AvgIpc) is 3.35. The zero-order valence-corrected chi connectivity index (χ0v) is 20.8. The van der Waals surface area contributed by atoms with Crippen molar-refractivity contribution < 1.29 is 19.4 Å². The molecule has 1 aliphatic heterocycles. The molecule has 2 aromatic heterocycles. The molecule has 2 N–H and O–H groups in total. The summed E-state index contributed by atoms with van der Waals surface area (Å²) in [6.45, 7) is 2.51. The number of aromatic nitrogens is 3. The number of carboxylic acids is 1. The molecule has 0 saturated heterocycles. The molecule has 0 spiro atoms. The number of rotatable bonds is 4. The van der Waals surface area contributed by atoms with Gasteiger partial charge in [-0.05, 0) is 59.9 Å². The molecular weight excluding hydrogens is 484 g/mol. The Morgan fingerprint density at radius 1 is 1.03 bits per heavy atom. The van der Waals surface area contributed by atoms with Crippen LogP contribution in [-0.4, -0.2) is 37.3 Å². The molecule has 0 amide bonds. The van der Waals surface area contributed by atoms with E-state index in [1.165, 1.54) is 4.57 Å². The van der Waals surface area contributed by atoms with Crippen molar-refractivity contribution in [1.82, 2.24) is 14.5 Å². The van der Waals surface area contributed by atoms with Crippen molar-refractivity contribution in [3.63, 3.8) is 0 Å². The number of aryl methyl sites for hydroxylation is 1. The van der Waals surface area contributed by atoms with Crippen LogP contribution in [0.3, 0.4) is 0 Å². The predicted molar refractivity (Wildman–Crippen MR) is 142 cm³/mol. The van der Waals surface area contributed by atoms with Crippen LogP contribution < -0.4 is 10.5 Å². The molecule has 0 radical (unpaired) electrons. The molecule has 0 fully saturated rings. The number of benzene rings is 3. The Morgan fingerprint density at radius 3 is 2.55 bits per heavy atom. The molecule has 0 unspecified atom stereocenters. The molecule has 9 heteroatoms. The van der Waals surface area contributed by atoms with Crippen LogP contribution in [0, 0.1) is 6.92 Å². The highest BCUT2D eigenvalue weighted by Gasteiger charge is 2.34. The lowest BCUT2D eigenvalue weighted by atomic mass is 9.85. The van der Waals surface area contributed by atoms with Crippen LogP contribution in [0.2, 0.25) is 0 Å². The lowest BCUT2D eigenvalue weighted by Crippen LogP contribution is -2.40. The van der Waals surface area contributed by atoms with Gasteiger partial charge in [0.1, 0.15) is 5.52 Å². The van der Waals surface area contributed by atoms with Gasteiger partial charge in [0, 0.05) is 13.6 Å². The molecule has 3 aromatic carbocycles. The highest BCUT2D eigenvalue weighted by Crippen LogP contribution is 2.40. The van der Waals surface area contributed by atoms with Crippen molar-refractivity contribution in [1.29, 1.82) is 0 Å². The second-order valence-electron chi connectivity index (χ2n) is 9.38. The fourth-order valence-corrected chi connectivity index (χ4v) is 5.15. The molecule has 38 heavy (non-hydrogen) atoms. The third-order valence-corrected chi connectivity index (χ3v) is 7.10. The van der Waals surface area contributed by atoms with E-state index in [9.17, 15) is 19.8 Å². The van der Waals surface area contributed by atoms with Gasteiger partial charge in [0.05, 0.1) is 11.6 Å². The summed E-state index contributed by atoms with van der Waals surface area (Å²) >= 11 is 0. The largest absolute Gasteiger partial charge is 0.501 e. The van der Waals surface area contributed by atoms with Crippen LogP contribution in [0.15, 0.2) is 75.9 Å². The second-order valence-corrected chi connectivity index (χ2v) is 9.38. The van der Waals surface area contributed by atoms with Crippen molar-refractivity contribution >= 4 is 23.0 Å². The Kier molecular flexibility index (Phi) is 5.48. The van der Waals surface area contributed by atoms with Crippen LogP contribution in [0.1, 0.15) is 38.7 Å². The number of hydrogen-bond acceptors (Lipinski definition) is 7. The fraction of sp³-hybridized carbons (Fsp3) is 0.172. The fourth-order valence-electron chi connectivity index (χ4n) is 5.15. The molecule has 6 rings (SSSR count). The van der Waals surface area contributed by atoms with Crippen molar-refractivity contribution in [2.75, 3.05) is 11.4 Å². The van der Waals surface area contributed by atoms with E-state index in [-0.39, 0.29) is 17.1 Å². The Morgan fingerprint density at radius 2 is 1.79 bits per heavy atom. The summed E-state index contributed by atoms with van der Waals surface area (Å²) in [5, 5.41) is 20.5. The molecule has 1 aliphatic rings. The lowest BCUT2D eigenvalue weighted by Gasteiger charge is -2.39. The lowest BCUT2D eigenvalue weighted by molar-refractivity contribution is 0.0696. The standard InChI is InChI=1S/C29H24N4O5/c1-16-7-3-4-8-19(16)24-20-15-18(28(36)37)12-11-17(20)13-14-33(24)29-31-23(25(34)27(35)32(29)2)26-30-21-9-5-6-10-22(21)38-26/h3-12,15,24,34H,13-14H2,1-2H3,(H,36,37)/t24-/m0/s1. The van der Waals surface area contributed by atoms with E-state index in [1.807, 2.05) is 54.3 Å². The average molecular weight is 509 g/mol. The molecule has 9 nitrogen and oxygen atoms in total. The Labute approximate surface area is 217 Å². The summed E-state index contributed by atoms with van der Waals surface area (Å²) in [4.78, 5) is 36.2. The number of carbonyl (C=O) groups is 1. The molecule has 0 aliphatic carbocycles. The number of para-hydroxylation sites is 2. The van der Waals surface area contributed by atoms with E-state index in [4.69, 9.17) is 9.40 Å². The molecular formula is C29H24N4O5. The molecule has 1 atom stereocenters. The van der Waals surface area contributed by atoms with Gasteiger partial charge >= 0.3 is 5.97 Å². The van der Waals surface area contributed by atoms with Gasteiger partial charge in [-0.1, -0.05) is 42.5 Å². The van der Waals surface area contributed by atoms with Gasteiger partial charge in [0.15, 0.2) is 11.3 Å². The number of hydrogen-bond donors (Lipinski definition) is 2. The summed E-state index contributed by atoms with van der Waals surface area (Å²) in [6, 6.07) is 19.8. The van der Waals surface area contributed by atoms with E-state index >= 15 is 0 Å². The van der Waals surface area contributed by atoms with Crippen LogP contribution >= 0.6 is 0 Å². The van der Waals surface area contributed by atoms with Crippen LogP contribution in [0.25, 0.3) is 22.7 Å². The summed E-state index contributed by atoms with van der Waals surface area (Å²) in [6.07, 6.45) is 0.618. The maximum atomic E-state index is 13.2. The maximum absolute atomic E-state index is 13.2. The third kappa shape index (κ3) is 3.71. The van der Waals surface area contributed by atoms with Gasteiger partial charge in [-0.3, -0.25) is 9.36 Å². The first-order valence-corrected chi connectivity index (χ1v) is 12.2. The van der Waals surface area contributed by atoms with Gasteiger partial charge in [-0.15, -0.1) is 0 Å². The summed E-state index contributed by atoms with van der Waals surface area (Å²) in [5.74, 6) is -1.21. The first-order chi connectivity index (χ1) is 18.3. The molecule has 0 bridgehead atoms. The summed E-state index contributed by atoms with van der Waals surface area (Å²) in [7, 11) is 1.55. The topological polar surface area (TPSA) is 122 Å². The zero-order valence-electron chi connectivity index (χ0n) is 20.8. The monoisotopic (exact) mass is 508 g/mol. The SMILES string of the molecule is Cc1ccccc1[C@H]1c2cc(C(=O)O)ccc2CCN1c1nc(-c2nc3ccccc3o2)c(O)c(=O)n1C. The van der Waals surface area contributed by atoms with Crippen LogP contribution in [0.5, 0.6) is 5.75 Å². The first kappa shape index (κ1) is 23.5. The third-order valence-electron chi connectivity index (χ3n) is 7.10. The number of nitrogens with zero attached hydrogens (tertiary/aromatic N) is 4. The van der Waals surface area contributed by atoms with Gasteiger partial charge in [-0.25, -0.2) is 14.8 Å². The van der Waals surface area contributed by atoms with Gasteiger partial charge in [0.25, 0.3) is 11.4 Å². The smallest absolute Gasteiger partial charge is 0.335 e. The Hall–Kier alpha value is -4.92. The van der Waals surface area contributed by atoms with Crippen molar-refractivity contribution in [2.45, 2.75) is 19.4 Å². The van der Waals surface area contributed by atoms with Crippen molar-refractivity contribution in [3.8, 4) is 17.3 Å². The van der Waals surface area contributed by atoms with E-state index in [0.29, 0.717) is 30.0 Å². The molecule has 190 valence electrons. The predicted octanol–water partition coefficient (Wildman–Crippen LogP) is 4.45. The van der Waals surface area contributed by atoms with Gasteiger partial charge < -0.3 is 19.5 Å². The number of aromatic carboxylic acids is 1. The Bertz CT molecular complexity index is 1760.